The molecule has 0 heterocycles. The second kappa shape index (κ2) is 6.18. The Morgan fingerprint density at radius 3 is 2.17 bits per heavy atom. The van der Waals surface area contributed by atoms with Gasteiger partial charge in [-0.3, -0.25) is 9.59 Å². The Morgan fingerprint density at radius 2 is 1.72 bits per heavy atom. The second-order valence-corrected chi connectivity index (χ2v) is 5.69. The Balaban J connectivity index is 2.68. The molecule has 1 fully saturated rings. The first-order valence-electron chi connectivity index (χ1n) is 6.51. The molecule has 18 heavy (non-hydrogen) atoms. The van der Waals surface area contributed by atoms with Crippen LogP contribution in [-0.2, 0) is 9.59 Å². The standard InChI is InChI=1S/C13H24N2O3/c1-13(6-4-5-7-13)12(18)15(10-11(16)17)9-8-14(2)3/h4-10H2,1-3H3,(H,16,17). The van der Waals surface area contributed by atoms with Crippen LogP contribution in [0.15, 0.2) is 0 Å². The first-order chi connectivity index (χ1) is 8.35. The summed E-state index contributed by atoms with van der Waals surface area (Å²) < 4.78 is 0. The molecule has 1 aliphatic carbocycles. The molecule has 0 aliphatic heterocycles. The second-order valence-electron chi connectivity index (χ2n) is 5.69. The lowest BCUT2D eigenvalue weighted by Crippen LogP contribution is -2.46. The molecule has 1 amide bonds. The summed E-state index contributed by atoms with van der Waals surface area (Å²) >= 11 is 0. The zero-order valence-corrected chi connectivity index (χ0v) is 11.6. The van der Waals surface area contributed by atoms with Crippen LogP contribution >= 0.6 is 0 Å². The Morgan fingerprint density at radius 1 is 1.17 bits per heavy atom. The third-order valence-corrected chi connectivity index (χ3v) is 3.65. The lowest BCUT2D eigenvalue weighted by Gasteiger charge is -2.31. The first-order valence-corrected chi connectivity index (χ1v) is 6.51. The van der Waals surface area contributed by atoms with E-state index in [1.165, 1.54) is 4.90 Å². The number of nitrogens with zero attached hydrogens (tertiary/aromatic N) is 2. The number of hydrogen-bond donors (Lipinski definition) is 1. The van der Waals surface area contributed by atoms with Gasteiger partial charge in [0.2, 0.25) is 5.91 Å². The molecule has 5 nitrogen and oxygen atoms in total. The van der Waals surface area contributed by atoms with Crippen molar-refractivity contribution < 1.29 is 14.7 Å². The number of aliphatic carboxylic acids is 1. The van der Waals surface area contributed by atoms with E-state index < -0.39 is 5.97 Å². The van der Waals surface area contributed by atoms with Crippen LogP contribution in [0, 0.1) is 5.41 Å². The molecule has 1 aliphatic rings. The normalized spacial score (nSPS) is 18.0. The third-order valence-electron chi connectivity index (χ3n) is 3.65. The maximum absolute atomic E-state index is 12.5. The zero-order chi connectivity index (χ0) is 13.8. The molecule has 1 saturated carbocycles. The molecule has 0 aromatic rings. The molecular weight excluding hydrogens is 232 g/mol. The van der Waals surface area contributed by atoms with E-state index in [9.17, 15) is 9.59 Å². The predicted molar refractivity (Wildman–Crippen MR) is 69.3 cm³/mol. The fourth-order valence-corrected chi connectivity index (χ4v) is 2.49. The Labute approximate surface area is 109 Å². The minimum absolute atomic E-state index is 0.00394. The highest BCUT2D eigenvalue weighted by atomic mass is 16.4. The van der Waals surface area contributed by atoms with Gasteiger partial charge in [0.15, 0.2) is 0 Å². The van der Waals surface area contributed by atoms with Crippen LogP contribution in [0.4, 0.5) is 0 Å². The minimum Gasteiger partial charge on any atom is -0.480 e. The molecule has 0 bridgehead atoms. The number of hydrogen-bond acceptors (Lipinski definition) is 3. The lowest BCUT2D eigenvalue weighted by molar-refractivity contribution is -0.149. The van der Waals surface area contributed by atoms with Gasteiger partial charge in [0.25, 0.3) is 0 Å². The van der Waals surface area contributed by atoms with Crippen LogP contribution in [0.1, 0.15) is 32.6 Å². The van der Waals surface area contributed by atoms with Gasteiger partial charge in [-0.15, -0.1) is 0 Å². The largest absolute Gasteiger partial charge is 0.480 e. The van der Waals surface area contributed by atoms with Crippen molar-refractivity contribution in [3.05, 3.63) is 0 Å². The van der Waals surface area contributed by atoms with Crippen LogP contribution in [0.2, 0.25) is 0 Å². The van der Waals surface area contributed by atoms with Crippen molar-refractivity contribution >= 4 is 11.9 Å². The number of carbonyl (C=O) groups excluding carboxylic acids is 1. The third kappa shape index (κ3) is 3.98. The van der Waals surface area contributed by atoms with Gasteiger partial charge < -0.3 is 14.9 Å². The molecule has 0 spiro atoms. The summed E-state index contributed by atoms with van der Waals surface area (Å²) in [6.07, 6.45) is 3.89. The quantitative estimate of drug-likeness (QED) is 0.771. The number of rotatable bonds is 6. The molecule has 0 unspecified atom stereocenters. The van der Waals surface area contributed by atoms with Crippen molar-refractivity contribution in [3.63, 3.8) is 0 Å². The van der Waals surface area contributed by atoms with Crippen LogP contribution < -0.4 is 0 Å². The molecular formula is C13H24N2O3. The van der Waals surface area contributed by atoms with E-state index in [-0.39, 0.29) is 17.9 Å². The van der Waals surface area contributed by atoms with Gasteiger partial charge in [0, 0.05) is 18.5 Å². The SMILES string of the molecule is CN(C)CCN(CC(=O)O)C(=O)C1(C)CCCC1. The number of amides is 1. The molecule has 1 rings (SSSR count). The van der Waals surface area contributed by atoms with Crippen LogP contribution in [0.5, 0.6) is 0 Å². The molecule has 0 aromatic heterocycles. The highest BCUT2D eigenvalue weighted by Crippen LogP contribution is 2.39. The van der Waals surface area contributed by atoms with E-state index in [0.717, 1.165) is 25.7 Å². The average Bonchev–Trinajstić information content (AvgIpc) is 2.71. The minimum atomic E-state index is -0.941. The number of likely N-dealkylation sites (N-methyl/N-ethyl adjacent to an activating group) is 1. The van der Waals surface area contributed by atoms with Gasteiger partial charge in [-0.05, 0) is 26.9 Å². The van der Waals surface area contributed by atoms with E-state index in [1.54, 1.807) is 0 Å². The smallest absolute Gasteiger partial charge is 0.323 e. The van der Waals surface area contributed by atoms with Crippen molar-refractivity contribution in [1.82, 2.24) is 9.80 Å². The van der Waals surface area contributed by atoms with Crippen molar-refractivity contribution in [2.75, 3.05) is 33.7 Å². The predicted octanol–water partition coefficient (Wildman–Crippen LogP) is 1.04. The number of carboxylic acid groups (broad SMARTS) is 1. The summed E-state index contributed by atoms with van der Waals surface area (Å²) in [5, 5.41) is 8.92. The van der Waals surface area contributed by atoms with E-state index in [0.29, 0.717) is 13.1 Å². The van der Waals surface area contributed by atoms with Crippen molar-refractivity contribution in [3.8, 4) is 0 Å². The fourth-order valence-electron chi connectivity index (χ4n) is 2.49. The summed E-state index contributed by atoms with van der Waals surface area (Å²) in [5.41, 5.74) is -0.345. The molecule has 0 saturated heterocycles. The summed E-state index contributed by atoms with van der Waals surface area (Å²) in [5.74, 6) is -0.937. The maximum atomic E-state index is 12.5. The Kier molecular flexibility index (Phi) is 5.14. The lowest BCUT2D eigenvalue weighted by atomic mass is 9.87. The van der Waals surface area contributed by atoms with Crippen LogP contribution in [-0.4, -0.2) is 60.5 Å². The molecule has 5 heteroatoms. The van der Waals surface area contributed by atoms with Gasteiger partial charge in [0.05, 0.1) is 0 Å². The van der Waals surface area contributed by atoms with Gasteiger partial charge in [0.1, 0.15) is 6.54 Å². The summed E-state index contributed by atoms with van der Waals surface area (Å²) in [7, 11) is 3.83. The van der Waals surface area contributed by atoms with E-state index >= 15 is 0 Å². The number of carboxylic acids is 1. The maximum Gasteiger partial charge on any atom is 0.323 e. The molecule has 0 aromatic carbocycles. The van der Waals surface area contributed by atoms with Gasteiger partial charge >= 0.3 is 5.97 Å². The van der Waals surface area contributed by atoms with Gasteiger partial charge in [-0.1, -0.05) is 19.8 Å². The van der Waals surface area contributed by atoms with Crippen molar-refractivity contribution in [1.29, 1.82) is 0 Å². The van der Waals surface area contributed by atoms with Crippen molar-refractivity contribution in [2.45, 2.75) is 32.6 Å². The van der Waals surface area contributed by atoms with Gasteiger partial charge in [-0.2, -0.15) is 0 Å². The van der Waals surface area contributed by atoms with E-state index in [4.69, 9.17) is 5.11 Å². The average molecular weight is 256 g/mol. The van der Waals surface area contributed by atoms with Crippen molar-refractivity contribution in [2.24, 2.45) is 5.41 Å². The Hall–Kier alpha value is -1.10. The van der Waals surface area contributed by atoms with Gasteiger partial charge in [-0.25, -0.2) is 0 Å². The first kappa shape index (κ1) is 15.0. The summed E-state index contributed by atoms with van der Waals surface area (Å²) in [6, 6.07) is 0. The van der Waals surface area contributed by atoms with E-state index in [1.807, 2.05) is 25.9 Å². The Bertz CT molecular complexity index is 309. The molecule has 0 radical (unpaired) electrons. The topological polar surface area (TPSA) is 60.9 Å². The molecule has 0 atom stereocenters. The molecule has 104 valence electrons. The highest BCUT2D eigenvalue weighted by Gasteiger charge is 2.39. The fraction of sp³-hybridized carbons (Fsp3) is 0.846. The monoisotopic (exact) mass is 256 g/mol. The molecule has 1 N–H and O–H groups in total. The summed E-state index contributed by atoms with van der Waals surface area (Å²) in [4.78, 5) is 26.8. The highest BCUT2D eigenvalue weighted by molar-refractivity contribution is 5.85. The zero-order valence-electron chi connectivity index (χ0n) is 11.6. The van der Waals surface area contributed by atoms with Crippen LogP contribution in [0.3, 0.4) is 0 Å². The number of carbonyl (C=O) groups is 2. The van der Waals surface area contributed by atoms with E-state index in [2.05, 4.69) is 0 Å². The summed E-state index contributed by atoms with van der Waals surface area (Å²) in [6.45, 7) is 2.94. The van der Waals surface area contributed by atoms with Crippen LogP contribution in [0.25, 0.3) is 0 Å².